The molecule has 0 amide bonds. The lowest BCUT2D eigenvalue weighted by Gasteiger charge is -2.62. The number of methoxy groups -OCH3 is 1. The fourth-order valence-electron chi connectivity index (χ4n) is 4.03. The van der Waals surface area contributed by atoms with Gasteiger partial charge in [-0.15, -0.1) is 0 Å². The molecule has 2 heteroatoms. The largest absolute Gasteiger partial charge is 0.383 e. The Morgan fingerprint density at radius 3 is 2.56 bits per heavy atom. The van der Waals surface area contributed by atoms with Crippen molar-refractivity contribution < 1.29 is 4.74 Å². The van der Waals surface area contributed by atoms with E-state index < -0.39 is 0 Å². The zero-order valence-electron chi connectivity index (χ0n) is 11.4. The average molecular weight is 225 g/mol. The van der Waals surface area contributed by atoms with E-state index in [1.807, 2.05) is 0 Å². The zero-order valence-corrected chi connectivity index (χ0v) is 11.4. The van der Waals surface area contributed by atoms with Gasteiger partial charge in [0.05, 0.1) is 6.61 Å². The maximum absolute atomic E-state index is 5.20. The molecule has 2 nitrogen and oxygen atoms in total. The van der Waals surface area contributed by atoms with E-state index in [9.17, 15) is 0 Å². The summed E-state index contributed by atoms with van der Waals surface area (Å²) in [6, 6.07) is 1.19. The highest BCUT2D eigenvalue weighted by atomic mass is 16.5. The van der Waals surface area contributed by atoms with Gasteiger partial charge >= 0.3 is 0 Å². The van der Waals surface area contributed by atoms with Crippen LogP contribution in [0.1, 0.15) is 40.5 Å². The van der Waals surface area contributed by atoms with E-state index in [-0.39, 0.29) is 0 Å². The molecule has 3 aliphatic rings. The van der Waals surface area contributed by atoms with Crippen molar-refractivity contribution >= 4 is 0 Å². The maximum Gasteiger partial charge on any atom is 0.0613 e. The summed E-state index contributed by atoms with van der Waals surface area (Å²) in [6.45, 7) is 10.4. The molecule has 3 saturated carbocycles. The van der Waals surface area contributed by atoms with E-state index in [2.05, 4.69) is 33.0 Å². The van der Waals surface area contributed by atoms with Crippen LogP contribution in [0.15, 0.2) is 0 Å². The Hall–Kier alpha value is -0.0800. The van der Waals surface area contributed by atoms with Gasteiger partial charge in [-0.25, -0.2) is 0 Å². The van der Waals surface area contributed by atoms with Crippen molar-refractivity contribution in [3.05, 3.63) is 0 Å². The number of hydrogen-bond acceptors (Lipinski definition) is 2. The summed E-state index contributed by atoms with van der Waals surface area (Å²) in [5.74, 6) is 2.69. The first-order chi connectivity index (χ1) is 7.46. The van der Waals surface area contributed by atoms with Crippen molar-refractivity contribution in [2.24, 2.45) is 23.2 Å². The summed E-state index contributed by atoms with van der Waals surface area (Å²) >= 11 is 0. The molecular weight excluding hydrogens is 198 g/mol. The second-order valence-corrected chi connectivity index (χ2v) is 6.58. The van der Waals surface area contributed by atoms with Crippen molar-refractivity contribution in [2.45, 2.75) is 52.6 Å². The lowest BCUT2D eigenvalue weighted by atomic mass is 9.44. The Kier molecular flexibility index (Phi) is 3.33. The third kappa shape index (κ3) is 1.91. The van der Waals surface area contributed by atoms with E-state index >= 15 is 0 Å². The van der Waals surface area contributed by atoms with Gasteiger partial charge in [-0.05, 0) is 42.9 Å². The minimum atomic E-state index is 0.484. The summed E-state index contributed by atoms with van der Waals surface area (Å²) in [5, 5.41) is 3.74. The molecule has 3 fully saturated rings. The van der Waals surface area contributed by atoms with Gasteiger partial charge in [-0.3, -0.25) is 0 Å². The molecule has 0 spiro atoms. The number of fused-ring (bicyclic) bond motifs is 2. The van der Waals surface area contributed by atoms with Gasteiger partial charge in [0, 0.05) is 19.2 Å². The zero-order chi connectivity index (χ0) is 11.9. The Morgan fingerprint density at radius 1 is 1.38 bits per heavy atom. The van der Waals surface area contributed by atoms with Crippen molar-refractivity contribution in [1.82, 2.24) is 5.32 Å². The van der Waals surface area contributed by atoms with Crippen molar-refractivity contribution in [3.8, 4) is 0 Å². The SMILES string of the molecule is COCC(C)N[C@@H]1C[C@@H]2C[C@H]([C@H]1C)C2(C)C. The van der Waals surface area contributed by atoms with Crippen LogP contribution in [-0.2, 0) is 4.74 Å². The van der Waals surface area contributed by atoms with Crippen molar-refractivity contribution in [2.75, 3.05) is 13.7 Å². The van der Waals surface area contributed by atoms with Crippen LogP contribution in [0.25, 0.3) is 0 Å². The van der Waals surface area contributed by atoms with Gasteiger partial charge in [0.25, 0.3) is 0 Å². The van der Waals surface area contributed by atoms with Crippen LogP contribution in [0.4, 0.5) is 0 Å². The molecule has 0 aromatic heterocycles. The fourth-order valence-corrected chi connectivity index (χ4v) is 4.03. The Bertz CT molecular complexity index is 251. The summed E-state index contributed by atoms with van der Waals surface area (Å²) in [6.07, 6.45) is 2.82. The van der Waals surface area contributed by atoms with Gasteiger partial charge in [-0.1, -0.05) is 20.8 Å². The first-order valence-corrected chi connectivity index (χ1v) is 6.71. The highest BCUT2D eigenvalue weighted by Gasteiger charge is 2.56. The molecule has 0 aliphatic heterocycles. The van der Waals surface area contributed by atoms with E-state index in [1.54, 1.807) is 7.11 Å². The highest BCUT2D eigenvalue weighted by molar-refractivity contribution is 5.07. The van der Waals surface area contributed by atoms with E-state index in [1.165, 1.54) is 12.8 Å². The molecule has 94 valence electrons. The molecule has 2 bridgehead atoms. The Morgan fingerprint density at radius 2 is 2.06 bits per heavy atom. The van der Waals surface area contributed by atoms with Gasteiger partial charge < -0.3 is 10.1 Å². The number of ether oxygens (including phenoxy) is 1. The van der Waals surface area contributed by atoms with Crippen LogP contribution in [0.2, 0.25) is 0 Å². The maximum atomic E-state index is 5.20. The average Bonchev–Trinajstić information content (AvgIpc) is 2.20. The van der Waals surface area contributed by atoms with Crippen LogP contribution >= 0.6 is 0 Å². The lowest BCUT2D eigenvalue weighted by molar-refractivity contribution is -0.117. The summed E-state index contributed by atoms with van der Waals surface area (Å²) < 4.78 is 5.20. The second-order valence-electron chi connectivity index (χ2n) is 6.58. The molecule has 1 N–H and O–H groups in total. The number of hydrogen-bond donors (Lipinski definition) is 1. The predicted molar refractivity (Wildman–Crippen MR) is 67.4 cm³/mol. The van der Waals surface area contributed by atoms with Gasteiger partial charge in [0.15, 0.2) is 0 Å². The molecular formula is C14H27NO. The van der Waals surface area contributed by atoms with Gasteiger partial charge in [0.1, 0.15) is 0 Å². The topological polar surface area (TPSA) is 21.3 Å². The third-order valence-corrected chi connectivity index (χ3v) is 5.27. The molecule has 0 heterocycles. The first-order valence-electron chi connectivity index (χ1n) is 6.71. The predicted octanol–water partition coefficient (Wildman–Crippen LogP) is 2.68. The van der Waals surface area contributed by atoms with Crippen molar-refractivity contribution in [3.63, 3.8) is 0 Å². The van der Waals surface area contributed by atoms with Crippen LogP contribution in [0.3, 0.4) is 0 Å². The van der Waals surface area contributed by atoms with E-state index in [0.717, 1.165) is 24.4 Å². The van der Waals surface area contributed by atoms with Crippen molar-refractivity contribution in [1.29, 1.82) is 0 Å². The minimum absolute atomic E-state index is 0.484. The first kappa shape index (κ1) is 12.4. The molecule has 3 aliphatic carbocycles. The molecule has 0 saturated heterocycles. The summed E-state index contributed by atoms with van der Waals surface area (Å²) in [4.78, 5) is 0. The molecule has 0 radical (unpaired) electrons. The smallest absolute Gasteiger partial charge is 0.0613 e. The van der Waals surface area contributed by atoms with Crippen LogP contribution in [0, 0.1) is 23.2 Å². The molecule has 3 rings (SSSR count). The second kappa shape index (κ2) is 4.30. The van der Waals surface area contributed by atoms with Crippen LogP contribution < -0.4 is 5.32 Å². The van der Waals surface area contributed by atoms with E-state index in [4.69, 9.17) is 4.74 Å². The molecule has 0 aromatic carbocycles. The molecule has 16 heavy (non-hydrogen) atoms. The normalized spacial score (nSPS) is 42.6. The summed E-state index contributed by atoms with van der Waals surface area (Å²) in [7, 11) is 1.78. The number of rotatable bonds is 4. The lowest BCUT2D eigenvalue weighted by Crippen LogP contribution is -2.61. The molecule has 0 aromatic rings. The fraction of sp³-hybridized carbons (Fsp3) is 1.00. The molecule has 5 atom stereocenters. The third-order valence-electron chi connectivity index (χ3n) is 5.27. The number of nitrogens with one attached hydrogen (secondary N) is 1. The summed E-state index contributed by atoms with van der Waals surface area (Å²) in [5.41, 5.74) is 0.599. The van der Waals surface area contributed by atoms with Crippen LogP contribution in [-0.4, -0.2) is 25.8 Å². The van der Waals surface area contributed by atoms with Gasteiger partial charge in [-0.2, -0.15) is 0 Å². The minimum Gasteiger partial charge on any atom is -0.383 e. The quantitative estimate of drug-likeness (QED) is 0.794. The monoisotopic (exact) mass is 225 g/mol. The van der Waals surface area contributed by atoms with E-state index in [0.29, 0.717) is 17.5 Å². The highest BCUT2D eigenvalue weighted by Crippen LogP contribution is 2.61. The van der Waals surface area contributed by atoms with Crippen LogP contribution in [0.5, 0.6) is 0 Å². The standard InChI is InChI=1S/C14H27NO/c1-9(8-16-5)15-13-7-11-6-12(10(13)2)14(11,3)4/h9-13,15H,6-8H2,1-5H3/t9?,10-,11+,12-,13-/m1/s1. The molecule has 1 unspecified atom stereocenters. The van der Waals surface area contributed by atoms with Gasteiger partial charge in [0.2, 0.25) is 0 Å². The Balaban J connectivity index is 1.90. The Labute approximate surface area is 100 Å².